The molecule has 0 aromatic carbocycles. The minimum Gasteiger partial charge on any atom is -0.314 e. The van der Waals surface area contributed by atoms with Crippen molar-refractivity contribution in [3.05, 3.63) is 0 Å². The zero-order chi connectivity index (χ0) is 9.56. The lowest BCUT2D eigenvalue weighted by atomic mass is 9.85. The summed E-state index contributed by atoms with van der Waals surface area (Å²) in [4.78, 5) is 0. The highest BCUT2D eigenvalue weighted by Gasteiger charge is 2.18. The van der Waals surface area contributed by atoms with E-state index in [-0.39, 0.29) is 0 Å². The van der Waals surface area contributed by atoms with Crippen molar-refractivity contribution in [1.82, 2.24) is 5.32 Å². The third-order valence-corrected chi connectivity index (χ3v) is 2.65. The maximum atomic E-state index is 3.51. The minimum atomic E-state index is 0.676. The molecule has 1 nitrogen and oxygen atoms in total. The van der Waals surface area contributed by atoms with E-state index in [0.717, 1.165) is 18.4 Å². The smallest absolute Gasteiger partial charge is 0.00693 e. The molecule has 0 saturated heterocycles. The van der Waals surface area contributed by atoms with Crippen molar-refractivity contribution in [1.29, 1.82) is 0 Å². The van der Waals surface area contributed by atoms with Crippen LogP contribution in [-0.4, -0.2) is 12.6 Å². The Morgan fingerprint density at radius 3 is 2.00 bits per heavy atom. The van der Waals surface area contributed by atoms with Gasteiger partial charge in [0, 0.05) is 6.04 Å². The molecule has 0 bridgehead atoms. The second-order valence-electron chi connectivity index (χ2n) is 4.04. The Hall–Kier alpha value is -0.0400. The van der Waals surface area contributed by atoms with Gasteiger partial charge in [0.05, 0.1) is 0 Å². The number of hydrogen-bond acceptors (Lipinski definition) is 1. The van der Waals surface area contributed by atoms with Crippen molar-refractivity contribution in [3.8, 4) is 0 Å². The van der Waals surface area contributed by atoms with Gasteiger partial charge in [-0.2, -0.15) is 0 Å². The second kappa shape index (κ2) is 6.47. The lowest BCUT2D eigenvalue weighted by Gasteiger charge is -2.27. The van der Waals surface area contributed by atoms with Crippen LogP contribution in [0.2, 0.25) is 0 Å². The van der Waals surface area contributed by atoms with Crippen LogP contribution in [-0.2, 0) is 0 Å². The molecule has 2 unspecified atom stereocenters. The molecule has 1 N–H and O–H groups in total. The topological polar surface area (TPSA) is 12.0 Å². The van der Waals surface area contributed by atoms with E-state index < -0.39 is 0 Å². The predicted molar refractivity (Wildman–Crippen MR) is 56.4 cm³/mol. The van der Waals surface area contributed by atoms with Crippen LogP contribution in [0, 0.1) is 11.8 Å². The van der Waals surface area contributed by atoms with Crippen molar-refractivity contribution in [2.24, 2.45) is 11.8 Å². The Kier molecular flexibility index (Phi) is 6.45. The van der Waals surface area contributed by atoms with E-state index in [9.17, 15) is 0 Å². The minimum absolute atomic E-state index is 0.676. The molecule has 0 amide bonds. The van der Waals surface area contributed by atoms with E-state index in [1.165, 1.54) is 12.8 Å². The number of rotatable bonds is 6. The summed E-state index contributed by atoms with van der Waals surface area (Å²) in [7, 11) is 0. The lowest BCUT2D eigenvalue weighted by molar-refractivity contribution is 0.274. The Morgan fingerprint density at radius 2 is 1.67 bits per heavy atom. The van der Waals surface area contributed by atoms with Crippen LogP contribution in [0.4, 0.5) is 0 Å². The molecule has 0 saturated carbocycles. The molecule has 1 heteroatoms. The molecule has 0 aromatic rings. The zero-order valence-corrected chi connectivity index (χ0v) is 9.35. The summed E-state index contributed by atoms with van der Waals surface area (Å²) >= 11 is 0. The van der Waals surface area contributed by atoms with Crippen LogP contribution in [0.25, 0.3) is 0 Å². The summed E-state index contributed by atoms with van der Waals surface area (Å²) in [6, 6.07) is 0.676. The molecular formula is C11H25N. The molecule has 74 valence electrons. The molecule has 0 aliphatic heterocycles. The maximum absolute atomic E-state index is 3.51. The molecule has 0 heterocycles. The number of nitrogens with one attached hydrogen (secondary N) is 1. The SMILES string of the molecule is CCCC(C(C)C)C(C)NCC. The monoisotopic (exact) mass is 171 g/mol. The van der Waals surface area contributed by atoms with Crippen LogP contribution in [0.3, 0.4) is 0 Å². The second-order valence-corrected chi connectivity index (χ2v) is 4.04. The van der Waals surface area contributed by atoms with Crippen molar-refractivity contribution < 1.29 is 0 Å². The van der Waals surface area contributed by atoms with Gasteiger partial charge >= 0.3 is 0 Å². The Morgan fingerprint density at radius 1 is 1.08 bits per heavy atom. The lowest BCUT2D eigenvalue weighted by Crippen LogP contribution is -2.35. The first kappa shape index (κ1) is 12.0. The summed E-state index contributed by atoms with van der Waals surface area (Å²) in [5.41, 5.74) is 0. The van der Waals surface area contributed by atoms with Gasteiger partial charge in [-0.05, 0) is 31.7 Å². The molecule has 0 radical (unpaired) electrons. The fraction of sp³-hybridized carbons (Fsp3) is 1.00. The first-order chi connectivity index (χ1) is 5.63. The number of hydrogen-bond donors (Lipinski definition) is 1. The fourth-order valence-corrected chi connectivity index (χ4v) is 1.97. The highest BCUT2D eigenvalue weighted by atomic mass is 14.9. The van der Waals surface area contributed by atoms with Crippen molar-refractivity contribution in [2.45, 2.75) is 53.5 Å². The van der Waals surface area contributed by atoms with Gasteiger partial charge in [0.25, 0.3) is 0 Å². The Bertz CT molecular complexity index is 99.2. The Labute approximate surface area is 77.9 Å². The van der Waals surface area contributed by atoms with E-state index in [4.69, 9.17) is 0 Å². The largest absolute Gasteiger partial charge is 0.314 e. The van der Waals surface area contributed by atoms with Crippen LogP contribution in [0.5, 0.6) is 0 Å². The maximum Gasteiger partial charge on any atom is 0.00693 e. The highest BCUT2D eigenvalue weighted by molar-refractivity contribution is 4.73. The summed E-state index contributed by atoms with van der Waals surface area (Å²) in [6.07, 6.45) is 2.66. The van der Waals surface area contributed by atoms with E-state index in [2.05, 4.69) is 39.9 Å². The van der Waals surface area contributed by atoms with Gasteiger partial charge in [-0.25, -0.2) is 0 Å². The summed E-state index contributed by atoms with van der Waals surface area (Å²) in [5.74, 6) is 1.65. The van der Waals surface area contributed by atoms with Crippen LogP contribution >= 0.6 is 0 Å². The van der Waals surface area contributed by atoms with Gasteiger partial charge in [-0.15, -0.1) is 0 Å². The van der Waals surface area contributed by atoms with Crippen molar-refractivity contribution in [2.75, 3.05) is 6.54 Å². The summed E-state index contributed by atoms with van der Waals surface area (Å²) < 4.78 is 0. The molecular weight excluding hydrogens is 146 g/mol. The van der Waals surface area contributed by atoms with Crippen LogP contribution in [0.15, 0.2) is 0 Å². The predicted octanol–water partition coefficient (Wildman–Crippen LogP) is 3.06. The van der Waals surface area contributed by atoms with Crippen molar-refractivity contribution >= 4 is 0 Å². The Balaban J connectivity index is 3.90. The van der Waals surface area contributed by atoms with E-state index in [1.807, 2.05) is 0 Å². The normalized spacial score (nSPS) is 16.5. The average molecular weight is 171 g/mol. The molecule has 0 aromatic heterocycles. The van der Waals surface area contributed by atoms with Gasteiger partial charge in [-0.3, -0.25) is 0 Å². The van der Waals surface area contributed by atoms with Gasteiger partial charge in [0.1, 0.15) is 0 Å². The van der Waals surface area contributed by atoms with Crippen LogP contribution < -0.4 is 5.32 Å². The highest BCUT2D eigenvalue weighted by Crippen LogP contribution is 2.20. The molecule has 12 heavy (non-hydrogen) atoms. The molecule has 0 aliphatic rings. The summed E-state index contributed by atoms with van der Waals surface area (Å²) in [5, 5.41) is 3.51. The molecule has 0 spiro atoms. The van der Waals surface area contributed by atoms with Crippen molar-refractivity contribution in [3.63, 3.8) is 0 Å². The van der Waals surface area contributed by atoms with Gasteiger partial charge in [-0.1, -0.05) is 34.1 Å². The average Bonchev–Trinajstić information content (AvgIpc) is 1.99. The first-order valence-corrected chi connectivity index (χ1v) is 5.36. The fourth-order valence-electron chi connectivity index (χ4n) is 1.97. The summed E-state index contributed by atoms with van der Waals surface area (Å²) in [6.45, 7) is 12.5. The van der Waals surface area contributed by atoms with E-state index >= 15 is 0 Å². The molecule has 0 rings (SSSR count). The zero-order valence-electron chi connectivity index (χ0n) is 9.35. The van der Waals surface area contributed by atoms with E-state index in [1.54, 1.807) is 0 Å². The quantitative estimate of drug-likeness (QED) is 0.647. The third kappa shape index (κ3) is 4.10. The molecule has 2 atom stereocenters. The van der Waals surface area contributed by atoms with Crippen LogP contribution in [0.1, 0.15) is 47.5 Å². The first-order valence-electron chi connectivity index (χ1n) is 5.36. The molecule has 0 aliphatic carbocycles. The van der Waals surface area contributed by atoms with Gasteiger partial charge in [0.2, 0.25) is 0 Å². The van der Waals surface area contributed by atoms with Gasteiger partial charge in [0.15, 0.2) is 0 Å². The van der Waals surface area contributed by atoms with Gasteiger partial charge < -0.3 is 5.32 Å². The third-order valence-electron chi connectivity index (χ3n) is 2.65. The standard InChI is InChI=1S/C11H25N/c1-6-8-11(9(3)4)10(5)12-7-2/h9-12H,6-8H2,1-5H3. The van der Waals surface area contributed by atoms with E-state index in [0.29, 0.717) is 6.04 Å². The molecule has 0 fully saturated rings.